The maximum atomic E-state index is 8.58. The molecule has 2 atom stereocenters. The SMILES string of the molecule is C=C(/C=C1/OCCO/C1=C/C)CNCC1CCCC(c2cccc3ccc(OC)nc23)C1.NC=O. The molecular weight excluding hydrogens is 442 g/mol. The minimum absolute atomic E-state index is 0.250. The molecule has 4 rings (SSSR count). The summed E-state index contributed by atoms with van der Waals surface area (Å²) >= 11 is 0. The highest BCUT2D eigenvalue weighted by molar-refractivity contribution is 5.82. The summed E-state index contributed by atoms with van der Waals surface area (Å²) in [4.78, 5) is 13.3. The number of hydrogen-bond acceptors (Lipinski definition) is 6. The van der Waals surface area contributed by atoms with Crippen molar-refractivity contribution in [3.05, 3.63) is 71.7 Å². The highest BCUT2D eigenvalue weighted by Gasteiger charge is 2.25. The summed E-state index contributed by atoms with van der Waals surface area (Å²) in [5.41, 5.74) is 7.61. The lowest BCUT2D eigenvalue weighted by Gasteiger charge is -2.30. The number of fused-ring (bicyclic) bond motifs is 1. The Hall–Kier alpha value is -3.32. The second-order valence-corrected chi connectivity index (χ2v) is 8.79. The second kappa shape index (κ2) is 13.5. The van der Waals surface area contributed by atoms with Gasteiger partial charge < -0.3 is 25.3 Å². The summed E-state index contributed by atoms with van der Waals surface area (Å²) in [6.07, 6.45) is 9.08. The van der Waals surface area contributed by atoms with Crippen LogP contribution in [0.4, 0.5) is 0 Å². The van der Waals surface area contributed by atoms with E-state index in [-0.39, 0.29) is 6.41 Å². The monoisotopic (exact) mass is 479 g/mol. The molecule has 2 aromatic rings. The molecule has 0 spiro atoms. The van der Waals surface area contributed by atoms with Gasteiger partial charge in [0.25, 0.3) is 0 Å². The fraction of sp³-hybridized carbons (Fsp3) is 0.429. The number of nitrogens with one attached hydrogen (secondary N) is 1. The van der Waals surface area contributed by atoms with Crippen LogP contribution in [0.25, 0.3) is 10.9 Å². The molecule has 2 heterocycles. The Kier molecular flexibility index (Phi) is 10.2. The van der Waals surface area contributed by atoms with Crippen LogP contribution >= 0.6 is 0 Å². The van der Waals surface area contributed by atoms with E-state index >= 15 is 0 Å². The first-order chi connectivity index (χ1) is 17.1. The highest BCUT2D eigenvalue weighted by atomic mass is 16.6. The van der Waals surface area contributed by atoms with Crippen molar-refractivity contribution in [2.75, 3.05) is 33.4 Å². The van der Waals surface area contributed by atoms with Crippen LogP contribution in [0, 0.1) is 5.92 Å². The summed E-state index contributed by atoms with van der Waals surface area (Å²) < 4.78 is 16.7. The molecule has 1 aromatic carbocycles. The molecule has 1 saturated heterocycles. The number of primary amides is 1. The molecule has 188 valence electrons. The number of carbonyl (C=O) groups is 1. The number of pyridine rings is 1. The molecule has 1 amide bonds. The maximum absolute atomic E-state index is 8.58. The maximum Gasteiger partial charge on any atom is 0.213 e. The number of benzene rings is 1. The van der Waals surface area contributed by atoms with Gasteiger partial charge in [0.15, 0.2) is 11.5 Å². The molecule has 35 heavy (non-hydrogen) atoms. The summed E-state index contributed by atoms with van der Waals surface area (Å²) in [5.74, 6) is 3.44. The minimum atomic E-state index is 0.250. The molecule has 3 N–H and O–H groups in total. The van der Waals surface area contributed by atoms with E-state index in [1.165, 1.54) is 36.6 Å². The molecule has 1 aliphatic heterocycles. The van der Waals surface area contributed by atoms with Gasteiger partial charge in [0.2, 0.25) is 12.3 Å². The Morgan fingerprint density at radius 3 is 2.74 bits per heavy atom. The number of carbonyl (C=O) groups excluding carboxylic acids is 1. The van der Waals surface area contributed by atoms with Gasteiger partial charge >= 0.3 is 0 Å². The van der Waals surface area contributed by atoms with Crippen molar-refractivity contribution in [1.82, 2.24) is 10.3 Å². The van der Waals surface area contributed by atoms with Crippen molar-refractivity contribution in [1.29, 1.82) is 0 Å². The first-order valence-corrected chi connectivity index (χ1v) is 12.2. The fourth-order valence-corrected chi connectivity index (χ4v) is 4.81. The molecular formula is C28H37N3O4. The number of nitrogens with two attached hydrogens (primary N) is 1. The van der Waals surface area contributed by atoms with Crippen LogP contribution < -0.4 is 15.8 Å². The zero-order chi connectivity index (χ0) is 25.0. The van der Waals surface area contributed by atoms with Crippen LogP contribution in [0.15, 0.2) is 66.2 Å². The van der Waals surface area contributed by atoms with Crippen LogP contribution in [0.3, 0.4) is 0 Å². The number of para-hydroxylation sites is 1. The van der Waals surface area contributed by atoms with Gasteiger partial charge in [0, 0.05) is 18.0 Å². The molecule has 2 unspecified atom stereocenters. The van der Waals surface area contributed by atoms with Gasteiger partial charge in [0.1, 0.15) is 13.2 Å². The van der Waals surface area contributed by atoms with Crippen molar-refractivity contribution in [2.45, 2.75) is 38.5 Å². The van der Waals surface area contributed by atoms with Gasteiger partial charge in [-0.25, -0.2) is 4.98 Å². The zero-order valence-corrected chi connectivity index (χ0v) is 20.8. The number of nitrogens with zero attached hydrogens (tertiary/aromatic N) is 1. The summed E-state index contributed by atoms with van der Waals surface area (Å²) in [6, 6.07) is 10.6. The smallest absolute Gasteiger partial charge is 0.213 e. The summed E-state index contributed by atoms with van der Waals surface area (Å²) in [5, 5.41) is 4.79. The third kappa shape index (κ3) is 7.33. The molecule has 7 heteroatoms. The van der Waals surface area contributed by atoms with Crippen LogP contribution in [0.5, 0.6) is 5.88 Å². The third-order valence-electron chi connectivity index (χ3n) is 6.38. The molecule has 0 bridgehead atoms. The summed E-state index contributed by atoms with van der Waals surface area (Å²) in [7, 11) is 1.68. The highest BCUT2D eigenvalue weighted by Crippen LogP contribution is 2.38. The van der Waals surface area contributed by atoms with Gasteiger partial charge in [-0.1, -0.05) is 31.2 Å². The Labute approximate surface area is 208 Å². The van der Waals surface area contributed by atoms with Crippen molar-refractivity contribution < 1.29 is 19.0 Å². The van der Waals surface area contributed by atoms with Gasteiger partial charge in [-0.2, -0.15) is 0 Å². The molecule has 2 fully saturated rings. The van der Waals surface area contributed by atoms with E-state index in [9.17, 15) is 0 Å². The molecule has 2 aliphatic rings. The lowest BCUT2D eigenvalue weighted by atomic mass is 9.77. The molecule has 0 radical (unpaired) electrons. The Balaban J connectivity index is 0.00000108. The number of rotatable bonds is 7. The quantitative estimate of drug-likeness (QED) is 0.564. The second-order valence-electron chi connectivity index (χ2n) is 8.79. The van der Waals surface area contributed by atoms with Crippen LogP contribution in [0.1, 0.15) is 44.1 Å². The zero-order valence-electron chi connectivity index (χ0n) is 20.8. The average Bonchev–Trinajstić information content (AvgIpc) is 2.89. The van der Waals surface area contributed by atoms with Crippen LogP contribution in [-0.4, -0.2) is 44.8 Å². The lowest BCUT2D eigenvalue weighted by molar-refractivity contribution is -0.106. The van der Waals surface area contributed by atoms with E-state index in [1.54, 1.807) is 7.11 Å². The van der Waals surface area contributed by atoms with E-state index in [4.69, 9.17) is 24.0 Å². The molecule has 1 aromatic heterocycles. The fourth-order valence-electron chi connectivity index (χ4n) is 4.81. The van der Waals surface area contributed by atoms with Gasteiger partial charge in [-0.05, 0) is 73.9 Å². The van der Waals surface area contributed by atoms with Crippen molar-refractivity contribution in [3.63, 3.8) is 0 Å². The van der Waals surface area contributed by atoms with E-state index in [2.05, 4.69) is 41.9 Å². The van der Waals surface area contributed by atoms with Crippen molar-refractivity contribution in [2.24, 2.45) is 11.7 Å². The predicted molar refractivity (Wildman–Crippen MR) is 139 cm³/mol. The lowest BCUT2D eigenvalue weighted by Crippen LogP contribution is -2.28. The predicted octanol–water partition coefficient (Wildman–Crippen LogP) is 4.60. The average molecular weight is 480 g/mol. The van der Waals surface area contributed by atoms with Gasteiger partial charge in [0.05, 0.1) is 12.6 Å². The number of allylic oxidation sites excluding steroid dienone is 1. The molecule has 1 saturated carbocycles. The largest absolute Gasteiger partial charge is 0.486 e. The molecule has 7 nitrogen and oxygen atoms in total. The molecule has 1 aliphatic carbocycles. The minimum Gasteiger partial charge on any atom is -0.486 e. The number of aromatic nitrogens is 1. The van der Waals surface area contributed by atoms with Crippen molar-refractivity contribution in [3.8, 4) is 5.88 Å². The first kappa shape index (κ1) is 26.3. The van der Waals surface area contributed by atoms with E-state index in [0.29, 0.717) is 30.9 Å². The van der Waals surface area contributed by atoms with Crippen LogP contribution in [0.2, 0.25) is 0 Å². The van der Waals surface area contributed by atoms with Crippen molar-refractivity contribution >= 4 is 17.3 Å². The van der Waals surface area contributed by atoms with E-state index < -0.39 is 0 Å². The topological polar surface area (TPSA) is 95.7 Å². The van der Waals surface area contributed by atoms with Gasteiger partial charge in [-0.15, -0.1) is 0 Å². The Bertz CT molecular complexity index is 1060. The summed E-state index contributed by atoms with van der Waals surface area (Å²) in [6.45, 7) is 9.08. The number of hydrogen-bond donors (Lipinski definition) is 2. The number of amides is 1. The van der Waals surface area contributed by atoms with Crippen LogP contribution in [-0.2, 0) is 14.3 Å². The number of methoxy groups -OCH3 is 1. The first-order valence-electron chi connectivity index (χ1n) is 12.2. The number of ether oxygens (including phenoxy) is 3. The third-order valence-corrected chi connectivity index (χ3v) is 6.38. The van der Waals surface area contributed by atoms with E-state index in [1.807, 2.05) is 25.1 Å². The van der Waals surface area contributed by atoms with E-state index in [0.717, 1.165) is 35.7 Å². The Morgan fingerprint density at radius 1 is 1.23 bits per heavy atom. The normalized spacial score (nSPS) is 22.0. The van der Waals surface area contributed by atoms with Gasteiger partial charge in [-0.3, -0.25) is 4.79 Å². The standard InChI is InChI=1S/C27H34N2O3.CH3NO/c1-4-24-25(32-14-13-31-24)15-19(2)17-28-18-20-7-5-9-22(16-20)23-10-6-8-21-11-12-26(30-3)29-27(21)23;2-1-3/h4,6,8,10-12,15,20,22,28H,2,5,7,9,13-14,16-18H2,1,3H3;1H,(H2,2,3)/b24-4+,25-15+;. The Morgan fingerprint density at radius 2 is 2.00 bits per heavy atom.